The largest absolute Gasteiger partial charge is 0.395 e. The second-order valence-corrected chi connectivity index (χ2v) is 5.63. The molecular formula is C11H17NO3S. The molecule has 1 aromatic rings. The molecule has 0 aromatic heterocycles. The van der Waals surface area contributed by atoms with Crippen LogP contribution in [0.4, 0.5) is 0 Å². The van der Waals surface area contributed by atoms with Gasteiger partial charge in [-0.1, -0.05) is 30.3 Å². The standard InChI is InChI=1S/C11H17NO3S/c1-10(9-13)12-16(14,15)8-7-11-5-3-2-4-6-11/h2-6,10,12-13H,7-9H2,1H3/t10-/m1/s1. The van der Waals surface area contributed by atoms with Gasteiger partial charge in [-0.15, -0.1) is 0 Å². The summed E-state index contributed by atoms with van der Waals surface area (Å²) in [6, 6.07) is 9.01. The molecule has 0 aliphatic heterocycles. The van der Waals surface area contributed by atoms with E-state index >= 15 is 0 Å². The van der Waals surface area contributed by atoms with E-state index in [1.165, 1.54) is 0 Å². The van der Waals surface area contributed by atoms with Crippen LogP contribution in [-0.2, 0) is 16.4 Å². The number of aliphatic hydroxyl groups is 1. The zero-order valence-electron chi connectivity index (χ0n) is 9.26. The van der Waals surface area contributed by atoms with E-state index in [0.717, 1.165) is 5.56 Å². The summed E-state index contributed by atoms with van der Waals surface area (Å²) in [5, 5.41) is 8.76. The van der Waals surface area contributed by atoms with Crippen molar-refractivity contribution in [1.82, 2.24) is 4.72 Å². The van der Waals surface area contributed by atoms with E-state index in [0.29, 0.717) is 6.42 Å². The summed E-state index contributed by atoms with van der Waals surface area (Å²) in [6.07, 6.45) is 0.480. The maximum Gasteiger partial charge on any atom is 0.212 e. The minimum atomic E-state index is -3.30. The van der Waals surface area contributed by atoms with Gasteiger partial charge in [0.05, 0.1) is 12.4 Å². The molecule has 0 spiro atoms. The molecule has 0 fully saturated rings. The summed E-state index contributed by atoms with van der Waals surface area (Å²) in [6.45, 7) is 1.44. The highest BCUT2D eigenvalue weighted by molar-refractivity contribution is 7.89. The molecule has 16 heavy (non-hydrogen) atoms. The van der Waals surface area contributed by atoms with Crippen molar-refractivity contribution >= 4 is 10.0 Å². The molecule has 5 heteroatoms. The fourth-order valence-electron chi connectivity index (χ4n) is 1.30. The van der Waals surface area contributed by atoms with Crippen LogP contribution in [0.25, 0.3) is 0 Å². The minimum Gasteiger partial charge on any atom is -0.395 e. The summed E-state index contributed by atoms with van der Waals surface area (Å²) in [7, 11) is -3.30. The summed E-state index contributed by atoms with van der Waals surface area (Å²) < 4.78 is 25.5. The van der Waals surface area contributed by atoms with Gasteiger partial charge in [-0.3, -0.25) is 0 Å². The second kappa shape index (κ2) is 5.98. The molecule has 0 saturated carbocycles. The molecular weight excluding hydrogens is 226 g/mol. The summed E-state index contributed by atoms with van der Waals surface area (Å²) in [4.78, 5) is 0. The van der Waals surface area contributed by atoms with Crippen molar-refractivity contribution in [3.8, 4) is 0 Å². The first kappa shape index (κ1) is 13.2. The second-order valence-electron chi connectivity index (χ2n) is 3.76. The third kappa shape index (κ3) is 4.74. The maximum atomic E-state index is 11.6. The maximum absolute atomic E-state index is 11.6. The van der Waals surface area contributed by atoms with E-state index < -0.39 is 16.1 Å². The monoisotopic (exact) mass is 243 g/mol. The van der Waals surface area contributed by atoms with E-state index in [4.69, 9.17) is 5.11 Å². The molecule has 2 N–H and O–H groups in total. The molecule has 0 bridgehead atoms. The zero-order chi connectivity index (χ0) is 12.0. The van der Waals surface area contributed by atoms with Gasteiger partial charge in [0.15, 0.2) is 0 Å². The Morgan fingerprint density at radius 1 is 1.31 bits per heavy atom. The quantitative estimate of drug-likeness (QED) is 0.766. The molecule has 0 aliphatic rings. The lowest BCUT2D eigenvalue weighted by atomic mass is 10.2. The topological polar surface area (TPSA) is 66.4 Å². The fourth-order valence-corrected chi connectivity index (χ4v) is 2.61. The molecule has 0 heterocycles. The van der Waals surface area contributed by atoms with Crippen molar-refractivity contribution in [2.75, 3.05) is 12.4 Å². The van der Waals surface area contributed by atoms with Crippen LogP contribution in [0.3, 0.4) is 0 Å². The van der Waals surface area contributed by atoms with Gasteiger partial charge >= 0.3 is 0 Å². The predicted octanol–water partition coefficient (Wildman–Crippen LogP) is 0.529. The fraction of sp³-hybridized carbons (Fsp3) is 0.455. The average Bonchev–Trinajstić information content (AvgIpc) is 2.27. The number of hydrogen-bond acceptors (Lipinski definition) is 3. The van der Waals surface area contributed by atoms with Gasteiger partial charge in [0.1, 0.15) is 0 Å². The summed E-state index contributed by atoms with van der Waals surface area (Å²) in [5.74, 6) is 0.0430. The molecule has 0 aliphatic carbocycles. The van der Waals surface area contributed by atoms with Gasteiger partial charge < -0.3 is 5.11 Å². The normalized spacial score (nSPS) is 13.6. The van der Waals surface area contributed by atoms with Crippen LogP contribution in [0.1, 0.15) is 12.5 Å². The van der Waals surface area contributed by atoms with E-state index in [-0.39, 0.29) is 12.4 Å². The Morgan fingerprint density at radius 2 is 1.94 bits per heavy atom. The van der Waals surface area contributed by atoms with Gasteiger partial charge in [0, 0.05) is 6.04 Å². The van der Waals surface area contributed by atoms with Gasteiger partial charge in [-0.2, -0.15) is 0 Å². The molecule has 0 saturated heterocycles. The van der Waals surface area contributed by atoms with Crippen molar-refractivity contribution in [2.45, 2.75) is 19.4 Å². The first-order valence-corrected chi connectivity index (χ1v) is 6.83. The van der Waals surface area contributed by atoms with Crippen molar-refractivity contribution < 1.29 is 13.5 Å². The summed E-state index contributed by atoms with van der Waals surface area (Å²) >= 11 is 0. The Labute approximate surface area is 96.4 Å². The van der Waals surface area contributed by atoms with Gasteiger partial charge in [-0.05, 0) is 18.9 Å². The van der Waals surface area contributed by atoms with E-state index in [2.05, 4.69) is 4.72 Å². The molecule has 0 unspecified atom stereocenters. The van der Waals surface area contributed by atoms with Crippen LogP contribution < -0.4 is 4.72 Å². The Balaban J connectivity index is 2.49. The van der Waals surface area contributed by atoms with Crippen LogP contribution in [-0.4, -0.2) is 31.9 Å². The van der Waals surface area contributed by atoms with Crippen molar-refractivity contribution in [3.05, 3.63) is 35.9 Å². The lowest BCUT2D eigenvalue weighted by Crippen LogP contribution is -2.37. The number of rotatable bonds is 6. The van der Waals surface area contributed by atoms with Crippen molar-refractivity contribution in [2.24, 2.45) is 0 Å². The number of nitrogens with one attached hydrogen (secondary N) is 1. The highest BCUT2D eigenvalue weighted by Gasteiger charge is 2.13. The molecule has 4 nitrogen and oxygen atoms in total. The van der Waals surface area contributed by atoms with Crippen LogP contribution in [0.2, 0.25) is 0 Å². The number of hydrogen-bond donors (Lipinski definition) is 2. The SMILES string of the molecule is C[C@H](CO)NS(=O)(=O)CCc1ccccc1. The molecule has 1 rings (SSSR count). The first-order valence-electron chi connectivity index (χ1n) is 5.18. The average molecular weight is 243 g/mol. The van der Waals surface area contributed by atoms with Crippen LogP contribution >= 0.6 is 0 Å². The van der Waals surface area contributed by atoms with Crippen LogP contribution in [0.5, 0.6) is 0 Å². The Kier molecular flexibility index (Phi) is 4.92. The number of sulfonamides is 1. The van der Waals surface area contributed by atoms with Crippen molar-refractivity contribution in [3.63, 3.8) is 0 Å². The Hall–Kier alpha value is -0.910. The molecule has 0 radical (unpaired) electrons. The number of benzene rings is 1. The van der Waals surface area contributed by atoms with E-state index in [9.17, 15) is 8.42 Å². The van der Waals surface area contributed by atoms with Crippen molar-refractivity contribution in [1.29, 1.82) is 0 Å². The lowest BCUT2D eigenvalue weighted by Gasteiger charge is -2.11. The van der Waals surface area contributed by atoms with Crippen LogP contribution in [0.15, 0.2) is 30.3 Å². The smallest absolute Gasteiger partial charge is 0.212 e. The van der Waals surface area contributed by atoms with Gasteiger partial charge in [0.25, 0.3) is 0 Å². The third-order valence-corrected chi connectivity index (χ3v) is 3.66. The molecule has 0 amide bonds. The number of aryl methyl sites for hydroxylation is 1. The van der Waals surface area contributed by atoms with E-state index in [1.807, 2.05) is 30.3 Å². The predicted molar refractivity (Wildman–Crippen MR) is 63.6 cm³/mol. The molecule has 1 aromatic carbocycles. The molecule has 90 valence electrons. The summed E-state index contributed by atoms with van der Waals surface area (Å²) in [5.41, 5.74) is 0.990. The minimum absolute atomic E-state index is 0.0430. The highest BCUT2D eigenvalue weighted by Crippen LogP contribution is 2.01. The van der Waals surface area contributed by atoms with Crippen LogP contribution in [0, 0.1) is 0 Å². The Morgan fingerprint density at radius 3 is 2.50 bits per heavy atom. The Bertz CT molecular complexity index is 402. The third-order valence-electron chi connectivity index (χ3n) is 2.16. The highest BCUT2D eigenvalue weighted by atomic mass is 32.2. The van der Waals surface area contributed by atoms with Gasteiger partial charge in [-0.25, -0.2) is 13.1 Å². The first-order chi connectivity index (χ1) is 7.53. The molecule has 1 atom stereocenters. The zero-order valence-corrected chi connectivity index (χ0v) is 10.1. The van der Waals surface area contributed by atoms with E-state index in [1.54, 1.807) is 6.92 Å². The lowest BCUT2D eigenvalue weighted by molar-refractivity contribution is 0.265. The van der Waals surface area contributed by atoms with Gasteiger partial charge in [0.2, 0.25) is 10.0 Å². The number of aliphatic hydroxyl groups excluding tert-OH is 1.